The fourth-order valence-electron chi connectivity index (χ4n) is 2.36. The summed E-state index contributed by atoms with van der Waals surface area (Å²) >= 11 is 0. The molecule has 0 aliphatic rings. The normalized spacial score (nSPS) is 10.2. The Hall–Kier alpha value is -3.41. The maximum atomic E-state index is 12.2. The van der Waals surface area contributed by atoms with Crippen molar-refractivity contribution in [1.82, 2.24) is 10.2 Å². The van der Waals surface area contributed by atoms with Crippen LogP contribution in [-0.4, -0.2) is 23.2 Å². The molecule has 6 heteroatoms. The number of hydrogen-bond donors (Lipinski definition) is 2. The summed E-state index contributed by atoms with van der Waals surface area (Å²) in [6.07, 6.45) is 0.998. The van der Waals surface area contributed by atoms with E-state index in [0.29, 0.717) is 11.5 Å². The molecule has 0 aliphatic heterocycles. The average molecular weight is 348 g/mol. The van der Waals surface area contributed by atoms with Gasteiger partial charge in [0, 0.05) is 11.4 Å². The number of aryl methyl sites for hydroxylation is 1. The molecule has 6 nitrogen and oxygen atoms in total. The van der Waals surface area contributed by atoms with Crippen LogP contribution >= 0.6 is 0 Å². The highest BCUT2D eigenvalue weighted by molar-refractivity contribution is 6.02. The van der Waals surface area contributed by atoms with Crippen molar-refractivity contribution in [1.29, 1.82) is 0 Å². The van der Waals surface area contributed by atoms with Crippen LogP contribution in [0, 0.1) is 0 Å². The molecule has 0 saturated carbocycles. The number of aromatic nitrogens is 2. The Kier molecular flexibility index (Phi) is 5.43. The molecule has 0 bridgehead atoms. The van der Waals surface area contributed by atoms with Gasteiger partial charge >= 0.3 is 0 Å². The highest BCUT2D eigenvalue weighted by atomic mass is 16.5. The molecule has 3 rings (SSSR count). The topological polar surface area (TPSA) is 76.1 Å². The second-order valence-corrected chi connectivity index (χ2v) is 5.66. The summed E-state index contributed by atoms with van der Waals surface area (Å²) in [7, 11) is 1.59. The minimum atomic E-state index is -0.318. The minimum absolute atomic E-state index is 0.243. The average Bonchev–Trinajstić information content (AvgIpc) is 2.69. The quantitative estimate of drug-likeness (QED) is 0.703. The lowest BCUT2D eigenvalue weighted by Gasteiger charge is -2.07. The molecule has 3 aromatic rings. The zero-order chi connectivity index (χ0) is 18.4. The first-order valence-corrected chi connectivity index (χ1v) is 8.33. The number of carbonyl (C=O) groups excluding carboxylic acids is 1. The molecule has 26 heavy (non-hydrogen) atoms. The number of carbonyl (C=O) groups is 1. The Morgan fingerprint density at radius 3 is 2.19 bits per heavy atom. The Bertz CT molecular complexity index is 860. The molecular weight excluding hydrogens is 328 g/mol. The molecule has 0 saturated heterocycles. The summed E-state index contributed by atoms with van der Waals surface area (Å²) in [4.78, 5) is 12.2. The van der Waals surface area contributed by atoms with Gasteiger partial charge in [-0.25, -0.2) is 0 Å². The third-order valence-electron chi connectivity index (χ3n) is 3.88. The number of amides is 1. The van der Waals surface area contributed by atoms with Gasteiger partial charge in [-0.3, -0.25) is 4.79 Å². The maximum Gasteiger partial charge on any atom is 0.276 e. The predicted octanol–water partition coefficient (Wildman–Crippen LogP) is 4.04. The van der Waals surface area contributed by atoms with Gasteiger partial charge in [-0.1, -0.05) is 19.1 Å². The van der Waals surface area contributed by atoms with Crippen LogP contribution < -0.4 is 15.4 Å². The van der Waals surface area contributed by atoms with E-state index in [1.165, 1.54) is 5.56 Å². The molecule has 1 amide bonds. The molecule has 0 atom stereocenters. The van der Waals surface area contributed by atoms with E-state index in [9.17, 15) is 4.79 Å². The molecule has 0 radical (unpaired) electrons. The van der Waals surface area contributed by atoms with Gasteiger partial charge < -0.3 is 15.4 Å². The van der Waals surface area contributed by atoms with Crippen LogP contribution in [0.1, 0.15) is 23.0 Å². The van der Waals surface area contributed by atoms with E-state index < -0.39 is 0 Å². The molecule has 0 aliphatic carbocycles. The third kappa shape index (κ3) is 4.36. The first-order chi connectivity index (χ1) is 12.7. The fourth-order valence-corrected chi connectivity index (χ4v) is 2.36. The summed E-state index contributed by atoms with van der Waals surface area (Å²) in [6.45, 7) is 2.11. The van der Waals surface area contributed by atoms with Gasteiger partial charge in [0.05, 0.1) is 7.11 Å². The summed E-state index contributed by atoms with van der Waals surface area (Å²) in [6, 6.07) is 18.5. The third-order valence-corrected chi connectivity index (χ3v) is 3.88. The number of hydrogen-bond acceptors (Lipinski definition) is 5. The van der Waals surface area contributed by atoms with Crippen molar-refractivity contribution >= 4 is 23.1 Å². The minimum Gasteiger partial charge on any atom is -0.497 e. The van der Waals surface area contributed by atoms with Crippen molar-refractivity contribution in [2.75, 3.05) is 17.7 Å². The number of ether oxygens (including phenoxy) is 1. The van der Waals surface area contributed by atoms with Crippen molar-refractivity contribution in [3.63, 3.8) is 0 Å². The SMILES string of the molecule is CCc1ccc(Nc2ccc(C(=O)Nc3ccc(OC)cc3)nn2)cc1. The highest BCUT2D eigenvalue weighted by Crippen LogP contribution is 2.17. The number of nitrogens with one attached hydrogen (secondary N) is 2. The van der Waals surface area contributed by atoms with Crippen molar-refractivity contribution in [2.24, 2.45) is 0 Å². The lowest BCUT2D eigenvalue weighted by atomic mass is 10.1. The van der Waals surface area contributed by atoms with Crippen LogP contribution in [0.3, 0.4) is 0 Å². The van der Waals surface area contributed by atoms with Crippen LogP contribution in [0.15, 0.2) is 60.7 Å². The van der Waals surface area contributed by atoms with Crippen molar-refractivity contribution < 1.29 is 9.53 Å². The van der Waals surface area contributed by atoms with Gasteiger partial charge in [0.15, 0.2) is 11.5 Å². The van der Waals surface area contributed by atoms with E-state index in [0.717, 1.165) is 17.9 Å². The lowest BCUT2D eigenvalue weighted by Crippen LogP contribution is -2.14. The van der Waals surface area contributed by atoms with Crippen LogP contribution in [0.25, 0.3) is 0 Å². The number of methoxy groups -OCH3 is 1. The second-order valence-electron chi connectivity index (χ2n) is 5.66. The fraction of sp³-hybridized carbons (Fsp3) is 0.150. The first kappa shape index (κ1) is 17.4. The Morgan fingerprint density at radius 1 is 0.923 bits per heavy atom. The predicted molar refractivity (Wildman–Crippen MR) is 102 cm³/mol. The van der Waals surface area contributed by atoms with E-state index in [4.69, 9.17) is 4.74 Å². The number of nitrogens with zero attached hydrogens (tertiary/aromatic N) is 2. The van der Waals surface area contributed by atoms with Gasteiger partial charge in [-0.15, -0.1) is 10.2 Å². The molecule has 1 heterocycles. The van der Waals surface area contributed by atoms with Crippen molar-refractivity contribution in [2.45, 2.75) is 13.3 Å². The molecule has 2 aromatic carbocycles. The van der Waals surface area contributed by atoms with Gasteiger partial charge in [-0.2, -0.15) is 0 Å². The molecule has 0 unspecified atom stereocenters. The lowest BCUT2D eigenvalue weighted by molar-refractivity contribution is 0.102. The summed E-state index contributed by atoms with van der Waals surface area (Å²) in [5.41, 5.74) is 3.10. The molecule has 1 aromatic heterocycles. The van der Waals surface area contributed by atoms with Gasteiger partial charge in [0.2, 0.25) is 0 Å². The molecule has 2 N–H and O–H groups in total. The van der Waals surface area contributed by atoms with Crippen LogP contribution in [0.5, 0.6) is 5.75 Å². The summed E-state index contributed by atoms with van der Waals surface area (Å²) in [5, 5.41) is 14.0. The first-order valence-electron chi connectivity index (χ1n) is 8.33. The Labute approximate surface area is 152 Å². The Morgan fingerprint density at radius 2 is 1.62 bits per heavy atom. The molecule has 0 fully saturated rings. The molecular formula is C20H20N4O2. The smallest absolute Gasteiger partial charge is 0.276 e. The standard InChI is InChI=1S/C20H20N4O2/c1-3-14-4-6-15(7-5-14)21-19-13-12-18(23-24-19)20(25)22-16-8-10-17(26-2)11-9-16/h4-13H,3H2,1-2H3,(H,21,24)(H,22,25). The van der Waals surface area contributed by atoms with E-state index >= 15 is 0 Å². The van der Waals surface area contributed by atoms with E-state index in [-0.39, 0.29) is 11.6 Å². The number of rotatable bonds is 6. The van der Waals surface area contributed by atoms with Gasteiger partial charge in [-0.05, 0) is 60.5 Å². The van der Waals surface area contributed by atoms with Crippen LogP contribution in [0.2, 0.25) is 0 Å². The van der Waals surface area contributed by atoms with Crippen LogP contribution in [0.4, 0.5) is 17.2 Å². The van der Waals surface area contributed by atoms with Gasteiger partial charge in [0.25, 0.3) is 5.91 Å². The second kappa shape index (κ2) is 8.11. The van der Waals surface area contributed by atoms with Crippen molar-refractivity contribution in [3.8, 4) is 5.75 Å². The monoisotopic (exact) mass is 348 g/mol. The zero-order valence-corrected chi connectivity index (χ0v) is 14.7. The summed E-state index contributed by atoms with van der Waals surface area (Å²) in [5.74, 6) is 0.988. The maximum absolute atomic E-state index is 12.2. The summed E-state index contributed by atoms with van der Waals surface area (Å²) < 4.78 is 5.09. The Balaban J connectivity index is 1.63. The van der Waals surface area contributed by atoms with E-state index in [2.05, 4.69) is 39.9 Å². The highest BCUT2D eigenvalue weighted by Gasteiger charge is 2.09. The van der Waals surface area contributed by atoms with Gasteiger partial charge in [0.1, 0.15) is 5.75 Å². The van der Waals surface area contributed by atoms with E-state index in [1.807, 2.05) is 12.1 Å². The molecule has 0 spiro atoms. The number of benzene rings is 2. The zero-order valence-electron chi connectivity index (χ0n) is 14.7. The van der Waals surface area contributed by atoms with Crippen molar-refractivity contribution in [3.05, 3.63) is 71.9 Å². The van der Waals surface area contributed by atoms with Crippen LogP contribution in [-0.2, 0) is 6.42 Å². The van der Waals surface area contributed by atoms with E-state index in [1.54, 1.807) is 43.5 Å². The largest absolute Gasteiger partial charge is 0.497 e. The molecule has 132 valence electrons. The number of anilines is 3.